The van der Waals surface area contributed by atoms with E-state index in [0.717, 1.165) is 0 Å². The Morgan fingerprint density at radius 1 is 0.812 bits per heavy atom. The summed E-state index contributed by atoms with van der Waals surface area (Å²) in [6.07, 6.45) is -3.30. The fourth-order valence-corrected chi connectivity index (χ4v) is 8.09. The number of hydrogen-bond acceptors (Lipinski definition) is 12. The molecule has 2 heterocycles. The van der Waals surface area contributed by atoms with E-state index in [1.165, 1.54) is 50.7 Å². The Morgan fingerprint density at radius 3 is 2.04 bits per heavy atom. The van der Waals surface area contributed by atoms with Crippen LogP contribution in [0.4, 0.5) is 0 Å². The first-order valence-electron chi connectivity index (χ1n) is 15.8. The van der Waals surface area contributed by atoms with E-state index in [-0.39, 0.29) is 29.5 Å². The summed E-state index contributed by atoms with van der Waals surface area (Å²) in [4.78, 5) is 77.5. The highest BCUT2D eigenvalue weighted by atomic mass is 16.6. The first kappa shape index (κ1) is 34.8. The van der Waals surface area contributed by atoms with E-state index in [1.807, 2.05) is 20.8 Å². The Kier molecular flexibility index (Phi) is 9.30. The fourth-order valence-electron chi connectivity index (χ4n) is 8.09. The highest BCUT2D eigenvalue weighted by molar-refractivity contribution is 5.90. The van der Waals surface area contributed by atoms with Crippen LogP contribution in [0.5, 0.6) is 0 Å². The minimum atomic E-state index is -1.76. The van der Waals surface area contributed by atoms with Crippen molar-refractivity contribution in [1.29, 1.82) is 0 Å². The van der Waals surface area contributed by atoms with Crippen molar-refractivity contribution < 1.29 is 52.4 Å². The summed E-state index contributed by atoms with van der Waals surface area (Å²) in [6, 6.07) is 10.8. The number of carbonyl (C=O) groups excluding carboxylic acids is 5. The highest BCUT2D eigenvalue weighted by Crippen LogP contribution is 2.68. The second-order valence-corrected chi connectivity index (χ2v) is 13.4. The van der Waals surface area contributed by atoms with Crippen molar-refractivity contribution in [2.24, 2.45) is 24.3 Å². The van der Waals surface area contributed by atoms with Crippen LogP contribution in [0.2, 0.25) is 0 Å². The molecule has 0 radical (unpaired) electrons. The Bertz CT molecular complexity index is 1670. The molecule has 0 N–H and O–H groups in total. The van der Waals surface area contributed by atoms with Crippen molar-refractivity contribution in [3.8, 4) is 0 Å². The average Bonchev–Trinajstić information content (AvgIpc) is 3.17. The van der Waals surface area contributed by atoms with Crippen molar-refractivity contribution in [3.63, 3.8) is 0 Å². The van der Waals surface area contributed by atoms with E-state index >= 15 is 0 Å². The number of fused-ring (bicyclic) bond motifs is 1. The first-order valence-corrected chi connectivity index (χ1v) is 15.8. The topological polar surface area (TPSA) is 163 Å². The molecule has 3 fully saturated rings. The van der Waals surface area contributed by atoms with Crippen molar-refractivity contribution >= 4 is 29.8 Å². The average molecular weight is 668 g/mol. The van der Waals surface area contributed by atoms with Crippen molar-refractivity contribution in [2.75, 3.05) is 6.61 Å². The van der Waals surface area contributed by atoms with Gasteiger partial charge in [0.2, 0.25) is 5.56 Å². The van der Waals surface area contributed by atoms with E-state index in [9.17, 15) is 28.8 Å². The minimum absolute atomic E-state index is 0.0528. The maximum atomic E-state index is 13.8. The van der Waals surface area contributed by atoms with Gasteiger partial charge in [0, 0.05) is 46.0 Å². The lowest BCUT2D eigenvalue weighted by Gasteiger charge is -2.63. The SMILES string of the molecule is CC(=O)OC[C@]12[C@@H](OC(=O)c3ccccc3)C[C@@H]3[C@@H](OC(C)=O)[C@]1(OC3(C)C)[C@H](C)C[C@H](OC(=O)c1ccc(=O)n(C)c1)[C@@H]2OC(C)=O. The normalized spacial score (nSPS) is 31.5. The van der Waals surface area contributed by atoms with Gasteiger partial charge < -0.3 is 33.0 Å². The zero-order valence-corrected chi connectivity index (χ0v) is 28.1. The summed E-state index contributed by atoms with van der Waals surface area (Å²) >= 11 is 0. The molecule has 1 aromatic heterocycles. The van der Waals surface area contributed by atoms with Crippen LogP contribution in [-0.2, 0) is 49.9 Å². The van der Waals surface area contributed by atoms with Gasteiger partial charge in [-0.25, -0.2) is 9.59 Å². The van der Waals surface area contributed by atoms with Crippen molar-refractivity contribution in [3.05, 3.63) is 70.1 Å². The third kappa shape index (κ3) is 5.88. The quantitative estimate of drug-likeness (QED) is 0.299. The van der Waals surface area contributed by atoms with E-state index in [0.29, 0.717) is 0 Å². The summed E-state index contributed by atoms with van der Waals surface area (Å²) in [5.41, 5.74) is -4.33. The molecule has 2 bridgehead atoms. The molecule has 258 valence electrons. The smallest absolute Gasteiger partial charge is 0.340 e. The molecule has 1 saturated heterocycles. The number of pyridine rings is 1. The maximum absolute atomic E-state index is 13.8. The number of aryl methyl sites for hydroxylation is 1. The number of carbonyl (C=O) groups is 5. The van der Waals surface area contributed by atoms with Gasteiger partial charge in [0.05, 0.1) is 16.7 Å². The molecule has 13 nitrogen and oxygen atoms in total. The summed E-state index contributed by atoms with van der Waals surface area (Å²) < 4.78 is 38.4. The van der Waals surface area contributed by atoms with Crippen LogP contribution in [0.15, 0.2) is 53.5 Å². The number of hydrogen-bond donors (Lipinski definition) is 0. The summed E-state index contributed by atoms with van der Waals surface area (Å²) in [6.45, 7) is 8.62. The molecule has 3 aliphatic rings. The van der Waals surface area contributed by atoms with Crippen LogP contribution in [0.25, 0.3) is 0 Å². The monoisotopic (exact) mass is 667 g/mol. The summed E-state index contributed by atoms with van der Waals surface area (Å²) in [5, 5.41) is 0. The number of nitrogens with zero attached hydrogens (tertiary/aromatic N) is 1. The molecule has 1 aliphatic heterocycles. The van der Waals surface area contributed by atoms with E-state index in [2.05, 4.69) is 0 Å². The molecule has 1 spiro atoms. The molecule has 2 aromatic rings. The number of esters is 5. The number of aromatic nitrogens is 1. The number of benzene rings is 1. The molecule has 2 saturated carbocycles. The minimum Gasteiger partial charge on any atom is -0.465 e. The van der Waals surface area contributed by atoms with Crippen molar-refractivity contribution in [1.82, 2.24) is 4.57 Å². The molecule has 0 amide bonds. The summed E-state index contributed by atoms with van der Waals surface area (Å²) in [7, 11) is 1.49. The van der Waals surface area contributed by atoms with E-state index in [4.69, 9.17) is 28.4 Å². The molecule has 8 atom stereocenters. The summed E-state index contributed by atoms with van der Waals surface area (Å²) in [5.74, 6) is -4.67. The van der Waals surface area contributed by atoms with Gasteiger partial charge in [0.1, 0.15) is 35.9 Å². The molecule has 2 aliphatic carbocycles. The fraction of sp³-hybridized carbons (Fsp3) is 0.543. The van der Waals surface area contributed by atoms with Gasteiger partial charge in [0.15, 0.2) is 6.10 Å². The second-order valence-electron chi connectivity index (χ2n) is 13.4. The molecule has 0 unspecified atom stereocenters. The molecule has 13 heteroatoms. The zero-order valence-electron chi connectivity index (χ0n) is 28.1. The second kappa shape index (κ2) is 12.8. The maximum Gasteiger partial charge on any atom is 0.340 e. The lowest BCUT2D eigenvalue weighted by atomic mass is 9.47. The standard InChI is InChI=1S/C35H41NO12/c1-19-15-26(46-32(42)24-13-14-28(40)36(7)17-24)30(45-22(4)39)34(18-43-20(2)37)27(47-31(41)23-11-9-8-10-12-23)16-25-29(44-21(3)38)35(19,34)48-33(25,5)6/h8-14,17,19,25-27,29-30H,15-16,18H2,1-7H3/t19-,25-,26+,27+,29-,30+,34-,35-/m1/s1. The molecule has 1 aromatic carbocycles. The highest BCUT2D eigenvalue weighted by Gasteiger charge is 2.82. The van der Waals surface area contributed by atoms with Gasteiger partial charge in [0.25, 0.3) is 0 Å². The Balaban J connectivity index is 1.73. The van der Waals surface area contributed by atoms with Crippen molar-refractivity contribution in [2.45, 2.75) is 90.0 Å². The molecule has 48 heavy (non-hydrogen) atoms. The van der Waals surface area contributed by atoms with Gasteiger partial charge in [-0.2, -0.15) is 0 Å². The largest absolute Gasteiger partial charge is 0.465 e. The lowest BCUT2D eigenvalue weighted by molar-refractivity contribution is -0.317. The van der Waals surface area contributed by atoms with Gasteiger partial charge in [-0.1, -0.05) is 25.1 Å². The molecular formula is C35H41NO12. The Labute approximate surface area is 277 Å². The van der Waals surface area contributed by atoms with Gasteiger partial charge in [-0.05, 0) is 50.8 Å². The van der Waals surface area contributed by atoms with Crippen LogP contribution < -0.4 is 5.56 Å². The van der Waals surface area contributed by atoms with Crippen LogP contribution in [0, 0.1) is 17.3 Å². The Morgan fingerprint density at radius 2 is 1.44 bits per heavy atom. The predicted molar refractivity (Wildman–Crippen MR) is 166 cm³/mol. The van der Waals surface area contributed by atoms with Crippen LogP contribution in [-0.4, -0.2) is 76.6 Å². The zero-order chi connectivity index (χ0) is 35.2. The molecular weight excluding hydrogens is 626 g/mol. The third-order valence-electron chi connectivity index (χ3n) is 9.99. The third-order valence-corrected chi connectivity index (χ3v) is 9.99. The van der Waals surface area contributed by atoms with Gasteiger partial charge in [-0.15, -0.1) is 0 Å². The van der Waals surface area contributed by atoms with Gasteiger partial charge >= 0.3 is 29.8 Å². The van der Waals surface area contributed by atoms with E-state index in [1.54, 1.807) is 30.3 Å². The Hall–Kier alpha value is -4.52. The first-order chi connectivity index (χ1) is 22.5. The predicted octanol–water partition coefficient (Wildman–Crippen LogP) is 3.16. The van der Waals surface area contributed by atoms with Crippen LogP contribution in [0.3, 0.4) is 0 Å². The number of rotatable bonds is 8. The van der Waals surface area contributed by atoms with Crippen LogP contribution >= 0.6 is 0 Å². The molecule has 5 rings (SSSR count). The van der Waals surface area contributed by atoms with Crippen LogP contribution in [0.1, 0.15) is 75.1 Å². The van der Waals surface area contributed by atoms with E-state index < -0.39 is 89.3 Å². The number of ether oxygens (including phenoxy) is 6. The lowest BCUT2D eigenvalue weighted by Crippen LogP contribution is -2.78. The van der Waals surface area contributed by atoms with Gasteiger partial charge in [-0.3, -0.25) is 19.2 Å².